The molecule has 3 aromatic rings. The van der Waals surface area contributed by atoms with Crippen LogP contribution in [0.1, 0.15) is 37.5 Å². The highest BCUT2D eigenvalue weighted by molar-refractivity contribution is 7.14. The Hall–Kier alpha value is -2.73. The van der Waals surface area contributed by atoms with E-state index in [4.69, 9.17) is 4.74 Å². The van der Waals surface area contributed by atoms with Crippen molar-refractivity contribution in [2.75, 3.05) is 6.61 Å². The summed E-state index contributed by atoms with van der Waals surface area (Å²) in [4.78, 5) is 25.9. The van der Waals surface area contributed by atoms with Crippen molar-refractivity contribution in [3.05, 3.63) is 63.5 Å². The Morgan fingerprint density at radius 1 is 1.16 bits per heavy atom. The number of benzene rings is 1. The number of rotatable bonds is 6. The summed E-state index contributed by atoms with van der Waals surface area (Å²) in [6.07, 6.45) is 0.883. The maximum Gasteiger partial charge on any atom is 0.356 e. The van der Waals surface area contributed by atoms with E-state index in [1.807, 2.05) is 44.2 Å². The van der Waals surface area contributed by atoms with E-state index in [9.17, 15) is 9.59 Å². The molecule has 3 rings (SSSR count). The summed E-state index contributed by atoms with van der Waals surface area (Å²) in [5.74, 6) is -0.789. The van der Waals surface area contributed by atoms with E-state index in [1.165, 1.54) is 11.3 Å². The molecule has 5 nitrogen and oxygen atoms in total. The van der Waals surface area contributed by atoms with E-state index in [2.05, 4.69) is 10.2 Å². The summed E-state index contributed by atoms with van der Waals surface area (Å²) in [5.41, 5.74) is 2.94. The van der Waals surface area contributed by atoms with Crippen molar-refractivity contribution in [2.24, 2.45) is 0 Å². The Kier molecular flexibility index (Phi) is 5.09. The summed E-state index contributed by atoms with van der Waals surface area (Å²) in [7, 11) is 0. The van der Waals surface area contributed by atoms with E-state index >= 15 is 0 Å². The lowest BCUT2D eigenvalue weighted by Crippen LogP contribution is -2.13. The van der Waals surface area contributed by atoms with Crippen molar-refractivity contribution in [3.8, 4) is 11.3 Å². The number of thiophene rings is 1. The molecular weight excluding hydrogens is 336 g/mol. The van der Waals surface area contributed by atoms with Gasteiger partial charge in [0.05, 0.1) is 10.6 Å². The number of H-pyrrole nitrogens is 1. The number of ketones is 1. The van der Waals surface area contributed by atoms with Crippen LogP contribution in [0.25, 0.3) is 11.3 Å². The Morgan fingerprint density at radius 3 is 2.60 bits per heavy atom. The van der Waals surface area contributed by atoms with Crippen LogP contribution in [0.3, 0.4) is 0 Å². The topological polar surface area (TPSA) is 72.1 Å². The highest BCUT2D eigenvalue weighted by atomic mass is 32.1. The van der Waals surface area contributed by atoms with Gasteiger partial charge in [0, 0.05) is 10.4 Å². The summed E-state index contributed by atoms with van der Waals surface area (Å²) in [6.45, 7) is 3.76. The first-order valence-corrected chi connectivity index (χ1v) is 8.80. The third kappa shape index (κ3) is 4.03. The van der Waals surface area contributed by atoms with Crippen LogP contribution >= 0.6 is 11.3 Å². The van der Waals surface area contributed by atoms with Crippen LogP contribution < -0.4 is 0 Å². The standard InChI is InChI=1S/C19H18N2O3S/c1-3-14-8-9-18(25-14)17(22)11-24-19(23)16-10-15(20-21-16)13-6-4-12(2)5-7-13/h4-10H,3,11H2,1-2H3,(H,20,21). The number of nitrogens with zero attached hydrogens (tertiary/aromatic N) is 1. The molecule has 0 amide bonds. The second kappa shape index (κ2) is 7.44. The molecule has 0 radical (unpaired) electrons. The summed E-state index contributed by atoms with van der Waals surface area (Å²) in [6, 6.07) is 13.1. The van der Waals surface area contributed by atoms with Crippen LogP contribution in [0, 0.1) is 6.92 Å². The van der Waals surface area contributed by atoms with Gasteiger partial charge in [0.1, 0.15) is 5.69 Å². The van der Waals surface area contributed by atoms with Gasteiger partial charge in [-0.3, -0.25) is 9.89 Å². The molecule has 128 valence electrons. The molecule has 0 atom stereocenters. The van der Waals surface area contributed by atoms with Crippen molar-refractivity contribution in [2.45, 2.75) is 20.3 Å². The van der Waals surface area contributed by atoms with Crippen LogP contribution in [0.15, 0.2) is 42.5 Å². The van der Waals surface area contributed by atoms with Crippen molar-refractivity contribution < 1.29 is 14.3 Å². The third-order valence-electron chi connectivity index (χ3n) is 3.76. The number of ether oxygens (including phenoxy) is 1. The number of aryl methyl sites for hydroxylation is 2. The summed E-state index contributed by atoms with van der Waals surface area (Å²) >= 11 is 1.43. The largest absolute Gasteiger partial charge is 0.453 e. The van der Waals surface area contributed by atoms with Crippen LogP contribution in [-0.2, 0) is 11.2 Å². The average molecular weight is 354 g/mol. The lowest BCUT2D eigenvalue weighted by Gasteiger charge is -2.01. The molecule has 2 heterocycles. The van der Waals surface area contributed by atoms with Crippen LogP contribution in [0.2, 0.25) is 0 Å². The molecule has 0 spiro atoms. The smallest absolute Gasteiger partial charge is 0.356 e. The summed E-state index contributed by atoms with van der Waals surface area (Å²) < 4.78 is 5.10. The van der Waals surface area contributed by atoms with E-state index in [1.54, 1.807) is 12.1 Å². The van der Waals surface area contributed by atoms with E-state index in [0.717, 1.165) is 22.4 Å². The van der Waals surface area contributed by atoms with Crippen molar-refractivity contribution >= 4 is 23.1 Å². The van der Waals surface area contributed by atoms with Crippen LogP contribution in [0.4, 0.5) is 0 Å². The van der Waals surface area contributed by atoms with Gasteiger partial charge >= 0.3 is 5.97 Å². The molecule has 0 bridgehead atoms. The zero-order valence-corrected chi connectivity index (χ0v) is 14.9. The van der Waals surface area contributed by atoms with E-state index in [-0.39, 0.29) is 18.1 Å². The Labute approximate surface area is 149 Å². The molecular formula is C19H18N2O3S. The van der Waals surface area contributed by atoms with Crippen LogP contribution in [0.5, 0.6) is 0 Å². The lowest BCUT2D eigenvalue weighted by atomic mass is 10.1. The average Bonchev–Trinajstić information content (AvgIpc) is 3.29. The highest BCUT2D eigenvalue weighted by Gasteiger charge is 2.16. The zero-order chi connectivity index (χ0) is 17.8. The van der Waals surface area contributed by atoms with Gasteiger partial charge in [0.25, 0.3) is 0 Å². The number of esters is 1. The first-order valence-electron chi connectivity index (χ1n) is 7.98. The Morgan fingerprint density at radius 2 is 1.92 bits per heavy atom. The van der Waals surface area contributed by atoms with Crippen LogP contribution in [-0.4, -0.2) is 28.6 Å². The van der Waals surface area contributed by atoms with Crippen molar-refractivity contribution in [1.82, 2.24) is 10.2 Å². The quantitative estimate of drug-likeness (QED) is 0.535. The normalized spacial score (nSPS) is 10.6. The fraction of sp³-hybridized carbons (Fsp3) is 0.211. The molecule has 1 N–H and O–H groups in total. The van der Waals surface area contributed by atoms with E-state index < -0.39 is 5.97 Å². The van der Waals surface area contributed by atoms with Crippen molar-refractivity contribution in [1.29, 1.82) is 0 Å². The molecule has 0 aliphatic rings. The van der Waals surface area contributed by atoms with Gasteiger partial charge in [-0.25, -0.2) is 4.79 Å². The monoisotopic (exact) mass is 354 g/mol. The van der Waals surface area contributed by atoms with Crippen molar-refractivity contribution in [3.63, 3.8) is 0 Å². The highest BCUT2D eigenvalue weighted by Crippen LogP contribution is 2.19. The minimum Gasteiger partial charge on any atom is -0.453 e. The first kappa shape index (κ1) is 17.1. The second-order valence-electron chi connectivity index (χ2n) is 5.65. The molecule has 0 unspecified atom stereocenters. The number of aromatic amines is 1. The molecule has 6 heteroatoms. The first-order chi connectivity index (χ1) is 12.1. The fourth-order valence-electron chi connectivity index (χ4n) is 2.30. The third-order valence-corrected chi connectivity index (χ3v) is 5.04. The molecule has 1 aromatic carbocycles. The Balaban J connectivity index is 1.62. The van der Waals surface area contributed by atoms with Gasteiger partial charge in [-0.15, -0.1) is 11.3 Å². The van der Waals surface area contributed by atoms with Gasteiger partial charge in [-0.2, -0.15) is 5.10 Å². The van der Waals surface area contributed by atoms with Gasteiger partial charge in [0.15, 0.2) is 6.61 Å². The molecule has 0 saturated carbocycles. The number of aromatic nitrogens is 2. The van der Waals surface area contributed by atoms with Gasteiger partial charge < -0.3 is 4.74 Å². The maximum absolute atomic E-state index is 12.1. The molecule has 0 aliphatic carbocycles. The molecule has 0 saturated heterocycles. The molecule has 0 fully saturated rings. The number of Topliss-reactive ketones (excluding diaryl/α,β-unsaturated/α-hetero) is 1. The fourth-order valence-corrected chi connectivity index (χ4v) is 3.17. The number of carbonyl (C=O) groups is 2. The van der Waals surface area contributed by atoms with E-state index in [0.29, 0.717) is 10.6 Å². The minimum absolute atomic E-state index is 0.198. The number of hydrogen-bond donors (Lipinski definition) is 1. The van der Waals surface area contributed by atoms with Gasteiger partial charge in [-0.1, -0.05) is 36.8 Å². The van der Waals surface area contributed by atoms with Gasteiger partial charge in [0.2, 0.25) is 5.78 Å². The number of nitrogens with one attached hydrogen (secondary N) is 1. The Bertz CT molecular complexity index is 894. The van der Waals surface area contributed by atoms with Gasteiger partial charge in [-0.05, 0) is 31.5 Å². The maximum atomic E-state index is 12.1. The lowest BCUT2D eigenvalue weighted by molar-refractivity contribution is 0.0470. The predicted molar refractivity (Wildman–Crippen MR) is 97.1 cm³/mol. The minimum atomic E-state index is -0.591. The summed E-state index contributed by atoms with van der Waals surface area (Å²) in [5, 5.41) is 6.79. The number of hydrogen-bond acceptors (Lipinski definition) is 5. The SMILES string of the molecule is CCc1ccc(C(=O)COC(=O)c2cc(-c3ccc(C)cc3)n[nH]2)s1. The second-order valence-corrected chi connectivity index (χ2v) is 6.82. The molecule has 0 aliphatic heterocycles. The molecule has 25 heavy (non-hydrogen) atoms. The predicted octanol–water partition coefficient (Wildman–Crippen LogP) is 4.05. The number of carbonyl (C=O) groups excluding carboxylic acids is 2. The molecule has 2 aromatic heterocycles. The zero-order valence-electron chi connectivity index (χ0n) is 14.0.